The second-order valence-electron chi connectivity index (χ2n) is 6.58. The lowest BCUT2D eigenvalue weighted by Gasteiger charge is -2.12. The van der Waals surface area contributed by atoms with E-state index in [4.69, 9.17) is 21.3 Å². The first-order chi connectivity index (χ1) is 13.7. The van der Waals surface area contributed by atoms with Crippen LogP contribution < -0.4 is 15.0 Å². The van der Waals surface area contributed by atoms with Crippen molar-refractivity contribution in [3.8, 4) is 17.0 Å². The molecule has 0 spiro atoms. The highest BCUT2D eigenvalue weighted by Crippen LogP contribution is 2.30. The highest BCUT2D eigenvalue weighted by Gasteiger charge is 2.16. The summed E-state index contributed by atoms with van der Waals surface area (Å²) in [4.78, 5) is 19.2. The SMILES string of the molecule is O=C(COc1ccc(Cl)cc1)Nc1ccc(-c2csc(N3CCCC3)n2)cc1. The number of rotatable bonds is 6. The van der Waals surface area contributed by atoms with Crippen LogP contribution in [0.2, 0.25) is 5.02 Å². The molecule has 2 aromatic carbocycles. The van der Waals surface area contributed by atoms with Crippen LogP contribution in [0.4, 0.5) is 10.8 Å². The summed E-state index contributed by atoms with van der Waals surface area (Å²) in [6, 6.07) is 14.6. The van der Waals surface area contributed by atoms with Crippen LogP contribution in [-0.2, 0) is 4.79 Å². The van der Waals surface area contributed by atoms with Gasteiger partial charge in [0.2, 0.25) is 0 Å². The van der Waals surface area contributed by atoms with Crippen molar-refractivity contribution >= 4 is 39.7 Å². The molecule has 1 saturated heterocycles. The standard InChI is InChI=1S/C21H20ClN3O2S/c22-16-5-9-18(10-6-16)27-13-20(26)23-17-7-3-15(4-8-17)19-14-28-21(24-19)25-11-1-2-12-25/h3-10,14H,1-2,11-13H2,(H,23,26). The van der Waals surface area contributed by atoms with Crippen LogP contribution in [0.25, 0.3) is 11.3 Å². The molecule has 0 unspecified atom stereocenters. The van der Waals surface area contributed by atoms with Gasteiger partial charge in [0.1, 0.15) is 5.75 Å². The number of anilines is 2. The number of halogens is 1. The van der Waals surface area contributed by atoms with Crippen LogP contribution in [0.3, 0.4) is 0 Å². The first-order valence-electron chi connectivity index (χ1n) is 9.16. The van der Waals surface area contributed by atoms with E-state index in [1.54, 1.807) is 35.6 Å². The Kier molecular flexibility index (Phi) is 5.78. The third-order valence-corrected chi connectivity index (χ3v) is 5.67. The van der Waals surface area contributed by atoms with Gasteiger partial charge in [0, 0.05) is 34.7 Å². The van der Waals surface area contributed by atoms with Gasteiger partial charge < -0.3 is 15.0 Å². The summed E-state index contributed by atoms with van der Waals surface area (Å²) >= 11 is 7.51. The number of nitrogens with one attached hydrogen (secondary N) is 1. The molecule has 0 bridgehead atoms. The van der Waals surface area contributed by atoms with E-state index in [-0.39, 0.29) is 12.5 Å². The Hall–Kier alpha value is -2.57. The molecule has 4 rings (SSSR count). The summed E-state index contributed by atoms with van der Waals surface area (Å²) in [6.07, 6.45) is 2.48. The molecule has 7 heteroatoms. The van der Waals surface area contributed by atoms with Gasteiger partial charge in [-0.05, 0) is 49.2 Å². The molecule has 0 radical (unpaired) electrons. The van der Waals surface area contributed by atoms with Gasteiger partial charge in [0.05, 0.1) is 5.69 Å². The minimum absolute atomic E-state index is 0.0608. The fourth-order valence-electron chi connectivity index (χ4n) is 3.05. The van der Waals surface area contributed by atoms with Crippen molar-refractivity contribution in [2.24, 2.45) is 0 Å². The van der Waals surface area contributed by atoms with Crippen LogP contribution >= 0.6 is 22.9 Å². The molecule has 144 valence electrons. The predicted octanol–water partition coefficient (Wildman–Crippen LogP) is 5.08. The lowest BCUT2D eigenvalue weighted by molar-refractivity contribution is -0.118. The maximum atomic E-state index is 12.1. The van der Waals surface area contributed by atoms with Crippen molar-refractivity contribution in [1.82, 2.24) is 4.98 Å². The number of nitrogens with zero attached hydrogens (tertiary/aromatic N) is 2. The fourth-order valence-corrected chi connectivity index (χ4v) is 4.07. The minimum Gasteiger partial charge on any atom is -0.484 e. The lowest BCUT2D eigenvalue weighted by atomic mass is 10.1. The van der Waals surface area contributed by atoms with Gasteiger partial charge in [0.15, 0.2) is 11.7 Å². The number of amides is 1. The molecule has 1 amide bonds. The van der Waals surface area contributed by atoms with Gasteiger partial charge in [-0.25, -0.2) is 4.98 Å². The number of carbonyl (C=O) groups excluding carboxylic acids is 1. The zero-order chi connectivity index (χ0) is 19.3. The first-order valence-corrected chi connectivity index (χ1v) is 10.4. The van der Waals surface area contributed by atoms with E-state index in [1.807, 2.05) is 24.3 Å². The summed E-state index contributed by atoms with van der Waals surface area (Å²) < 4.78 is 5.46. The molecule has 0 aliphatic carbocycles. The monoisotopic (exact) mass is 413 g/mol. The number of carbonyl (C=O) groups is 1. The van der Waals surface area contributed by atoms with Crippen molar-refractivity contribution in [3.05, 3.63) is 58.9 Å². The molecule has 0 saturated carbocycles. The van der Waals surface area contributed by atoms with Crippen molar-refractivity contribution in [1.29, 1.82) is 0 Å². The summed E-state index contributed by atoms with van der Waals surface area (Å²) in [5.74, 6) is 0.389. The Morgan fingerprint density at radius 2 is 1.82 bits per heavy atom. The van der Waals surface area contributed by atoms with Gasteiger partial charge in [-0.3, -0.25) is 4.79 Å². The molecule has 1 aliphatic heterocycles. The maximum absolute atomic E-state index is 12.1. The molecule has 1 fully saturated rings. The zero-order valence-electron chi connectivity index (χ0n) is 15.2. The van der Waals surface area contributed by atoms with Gasteiger partial charge in [-0.2, -0.15) is 0 Å². The quantitative estimate of drug-likeness (QED) is 0.612. The largest absolute Gasteiger partial charge is 0.484 e. The molecule has 1 aromatic heterocycles. The Bertz CT molecular complexity index is 935. The number of hydrogen-bond donors (Lipinski definition) is 1. The van der Waals surface area contributed by atoms with E-state index in [2.05, 4.69) is 15.6 Å². The topological polar surface area (TPSA) is 54.5 Å². The van der Waals surface area contributed by atoms with Crippen LogP contribution in [0.15, 0.2) is 53.9 Å². The Balaban J connectivity index is 1.32. The van der Waals surface area contributed by atoms with Crippen molar-refractivity contribution < 1.29 is 9.53 Å². The second-order valence-corrected chi connectivity index (χ2v) is 7.85. The molecular weight excluding hydrogens is 394 g/mol. The molecule has 2 heterocycles. The highest BCUT2D eigenvalue weighted by molar-refractivity contribution is 7.14. The van der Waals surface area contributed by atoms with E-state index in [1.165, 1.54) is 12.8 Å². The van der Waals surface area contributed by atoms with Crippen LogP contribution in [0.5, 0.6) is 5.75 Å². The summed E-state index contributed by atoms with van der Waals surface area (Å²) in [7, 11) is 0. The van der Waals surface area contributed by atoms with Crippen molar-refractivity contribution in [2.45, 2.75) is 12.8 Å². The van der Waals surface area contributed by atoms with E-state index in [9.17, 15) is 4.79 Å². The predicted molar refractivity (Wildman–Crippen MR) is 115 cm³/mol. The second kappa shape index (κ2) is 8.63. The number of aromatic nitrogens is 1. The number of benzene rings is 2. The average molecular weight is 414 g/mol. The minimum atomic E-state index is -0.215. The number of thiazole rings is 1. The molecule has 28 heavy (non-hydrogen) atoms. The Morgan fingerprint density at radius 3 is 2.54 bits per heavy atom. The normalized spacial score (nSPS) is 13.5. The van der Waals surface area contributed by atoms with Crippen molar-refractivity contribution in [3.63, 3.8) is 0 Å². The maximum Gasteiger partial charge on any atom is 0.262 e. The van der Waals surface area contributed by atoms with E-state index >= 15 is 0 Å². The van der Waals surface area contributed by atoms with E-state index in [0.29, 0.717) is 10.8 Å². The third-order valence-electron chi connectivity index (χ3n) is 4.52. The summed E-state index contributed by atoms with van der Waals surface area (Å²) in [5, 5.41) is 6.64. The molecule has 0 atom stereocenters. The third kappa shape index (κ3) is 4.64. The fraction of sp³-hybridized carbons (Fsp3) is 0.238. The smallest absolute Gasteiger partial charge is 0.262 e. The van der Waals surface area contributed by atoms with Gasteiger partial charge in [-0.1, -0.05) is 23.7 Å². The van der Waals surface area contributed by atoms with Crippen LogP contribution in [0.1, 0.15) is 12.8 Å². The van der Waals surface area contributed by atoms with Gasteiger partial charge in [0.25, 0.3) is 5.91 Å². The summed E-state index contributed by atoms with van der Waals surface area (Å²) in [5.41, 5.74) is 2.73. The Labute approximate surface area is 172 Å². The average Bonchev–Trinajstić information content (AvgIpc) is 3.40. The molecule has 3 aromatic rings. The zero-order valence-corrected chi connectivity index (χ0v) is 16.8. The molecule has 1 aliphatic rings. The first kappa shape index (κ1) is 18.8. The van der Waals surface area contributed by atoms with Gasteiger partial charge in [-0.15, -0.1) is 11.3 Å². The van der Waals surface area contributed by atoms with Crippen LogP contribution in [0, 0.1) is 0 Å². The highest BCUT2D eigenvalue weighted by atomic mass is 35.5. The van der Waals surface area contributed by atoms with E-state index in [0.717, 1.165) is 35.2 Å². The number of hydrogen-bond acceptors (Lipinski definition) is 5. The van der Waals surface area contributed by atoms with E-state index < -0.39 is 0 Å². The van der Waals surface area contributed by atoms with Crippen LogP contribution in [-0.4, -0.2) is 30.6 Å². The lowest BCUT2D eigenvalue weighted by Crippen LogP contribution is -2.20. The molecular formula is C21H20ClN3O2S. The Morgan fingerprint density at radius 1 is 1.11 bits per heavy atom. The molecule has 1 N–H and O–H groups in total. The molecule has 5 nitrogen and oxygen atoms in total. The summed E-state index contributed by atoms with van der Waals surface area (Å²) in [6.45, 7) is 2.13. The number of ether oxygens (including phenoxy) is 1. The van der Waals surface area contributed by atoms with Crippen molar-refractivity contribution in [2.75, 3.05) is 29.9 Å². The van der Waals surface area contributed by atoms with Gasteiger partial charge >= 0.3 is 0 Å².